The maximum absolute atomic E-state index is 5.60. The van der Waals surface area contributed by atoms with Gasteiger partial charge in [-0.1, -0.05) is 6.92 Å². The average molecular weight is 250 g/mol. The number of nitrogens with zero attached hydrogens (tertiary/aromatic N) is 1. The molecule has 0 aromatic heterocycles. The summed E-state index contributed by atoms with van der Waals surface area (Å²) in [6.07, 6.45) is 9.45. The highest BCUT2D eigenvalue weighted by Gasteiger charge is 2.51. The van der Waals surface area contributed by atoms with E-state index in [0.29, 0.717) is 5.54 Å². The third kappa shape index (κ3) is 2.22. The Labute approximate surface area is 110 Å². The fraction of sp³-hybridized carbons (Fsp3) is 0.929. The number of nitrogens with one attached hydrogen (secondary N) is 2. The van der Waals surface area contributed by atoms with Crippen LogP contribution in [-0.4, -0.2) is 18.0 Å². The second-order valence-corrected chi connectivity index (χ2v) is 6.70. The number of guanidine groups is 1. The van der Waals surface area contributed by atoms with Crippen LogP contribution in [0.25, 0.3) is 0 Å². The van der Waals surface area contributed by atoms with E-state index in [-0.39, 0.29) is 0 Å². The zero-order valence-corrected chi connectivity index (χ0v) is 11.4. The van der Waals surface area contributed by atoms with Gasteiger partial charge in [0, 0.05) is 12.1 Å². The van der Waals surface area contributed by atoms with Gasteiger partial charge in [-0.25, -0.2) is 5.84 Å². The standard InChI is InChI=1S/C14H26N4/c1-2-3-16-13(18-15)17-14-7-10-4-11(8-14)6-12(5-10)9-14/h10-12H,2-9,15H2,1H3,(H2,16,17,18). The van der Waals surface area contributed by atoms with E-state index in [1.807, 2.05) is 0 Å². The molecular formula is C14H26N4. The molecule has 4 N–H and O–H groups in total. The summed E-state index contributed by atoms with van der Waals surface area (Å²) in [4.78, 5) is 4.51. The van der Waals surface area contributed by atoms with Gasteiger partial charge in [0.15, 0.2) is 0 Å². The molecule has 4 aliphatic carbocycles. The van der Waals surface area contributed by atoms with Crippen molar-refractivity contribution in [3.05, 3.63) is 0 Å². The lowest BCUT2D eigenvalue weighted by atomic mass is 9.53. The van der Waals surface area contributed by atoms with Crippen LogP contribution >= 0.6 is 0 Å². The maximum atomic E-state index is 5.60. The first-order valence-corrected chi connectivity index (χ1v) is 7.52. The molecule has 0 radical (unpaired) electrons. The summed E-state index contributed by atoms with van der Waals surface area (Å²) in [5.41, 5.74) is 3.05. The number of hydrogen-bond acceptors (Lipinski definition) is 2. The summed E-state index contributed by atoms with van der Waals surface area (Å²) < 4.78 is 0. The molecule has 0 saturated heterocycles. The van der Waals surface area contributed by atoms with Crippen molar-refractivity contribution < 1.29 is 0 Å². The van der Waals surface area contributed by atoms with Crippen molar-refractivity contribution in [2.75, 3.05) is 6.54 Å². The quantitative estimate of drug-likeness (QED) is 0.310. The van der Waals surface area contributed by atoms with Crippen LogP contribution in [0.15, 0.2) is 4.99 Å². The van der Waals surface area contributed by atoms with E-state index in [4.69, 9.17) is 5.84 Å². The molecule has 102 valence electrons. The molecule has 4 aliphatic rings. The van der Waals surface area contributed by atoms with E-state index in [1.165, 1.54) is 38.5 Å². The van der Waals surface area contributed by atoms with Crippen molar-refractivity contribution >= 4 is 5.96 Å². The normalized spacial score (nSPS) is 42.1. The second kappa shape index (κ2) is 4.72. The zero-order valence-electron chi connectivity index (χ0n) is 11.4. The number of hydrogen-bond donors (Lipinski definition) is 3. The minimum absolute atomic E-state index is 0.299. The minimum Gasteiger partial charge on any atom is -0.350 e. The third-order valence-corrected chi connectivity index (χ3v) is 5.05. The molecule has 4 heteroatoms. The lowest BCUT2D eigenvalue weighted by molar-refractivity contribution is -0.0105. The summed E-state index contributed by atoms with van der Waals surface area (Å²) in [6, 6.07) is 0. The fourth-order valence-corrected chi connectivity index (χ4v) is 4.86. The van der Waals surface area contributed by atoms with E-state index < -0.39 is 0 Å². The Morgan fingerprint density at radius 2 is 1.72 bits per heavy atom. The summed E-state index contributed by atoms with van der Waals surface area (Å²) in [7, 11) is 0. The zero-order chi connectivity index (χ0) is 12.6. The predicted octanol–water partition coefficient (Wildman–Crippen LogP) is 1.77. The Hall–Kier alpha value is -0.770. The molecule has 4 fully saturated rings. The van der Waals surface area contributed by atoms with Crippen LogP contribution in [0, 0.1) is 17.8 Å². The monoisotopic (exact) mass is 250 g/mol. The van der Waals surface area contributed by atoms with E-state index >= 15 is 0 Å². The van der Waals surface area contributed by atoms with Crippen LogP contribution < -0.4 is 16.6 Å². The van der Waals surface area contributed by atoms with Crippen LogP contribution in [0.5, 0.6) is 0 Å². The third-order valence-electron chi connectivity index (χ3n) is 5.05. The van der Waals surface area contributed by atoms with E-state index in [1.54, 1.807) is 0 Å². The molecule has 0 aromatic rings. The molecule has 0 atom stereocenters. The minimum atomic E-state index is 0.299. The molecule has 0 aromatic carbocycles. The lowest BCUT2D eigenvalue weighted by Gasteiger charge is -2.57. The maximum Gasteiger partial charge on any atom is 0.206 e. The van der Waals surface area contributed by atoms with Crippen molar-refractivity contribution in [1.29, 1.82) is 0 Å². The highest BCUT2D eigenvalue weighted by Crippen LogP contribution is 2.55. The first-order valence-electron chi connectivity index (χ1n) is 7.52. The van der Waals surface area contributed by atoms with Crippen molar-refractivity contribution in [2.24, 2.45) is 28.6 Å². The van der Waals surface area contributed by atoms with Crippen molar-refractivity contribution in [3.8, 4) is 0 Å². The number of nitrogens with two attached hydrogens (primary N) is 1. The van der Waals surface area contributed by atoms with E-state index in [0.717, 1.165) is 36.7 Å². The Kier molecular flexibility index (Phi) is 3.22. The van der Waals surface area contributed by atoms with Gasteiger partial charge < -0.3 is 5.32 Å². The topological polar surface area (TPSA) is 62.4 Å². The smallest absolute Gasteiger partial charge is 0.206 e. The lowest BCUT2D eigenvalue weighted by Crippen LogP contribution is -2.62. The van der Waals surface area contributed by atoms with Crippen molar-refractivity contribution in [3.63, 3.8) is 0 Å². The van der Waals surface area contributed by atoms with Crippen LogP contribution in [0.2, 0.25) is 0 Å². The molecule has 0 spiro atoms. The molecule has 4 bridgehead atoms. The summed E-state index contributed by atoms with van der Waals surface area (Å²) in [5.74, 6) is 9.26. The van der Waals surface area contributed by atoms with Gasteiger partial charge in [0.2, 0.25) is 5.96 Å². The molecule has 4 nitrogen and oxygen atoms in total. The first kappa shape index (κ1) is 12.3. The van der Waals surface area contributed by atoms with Crippen LogP contribution in [0.4, 0.5) is 0 Å². The Morgan fingerprint density at radius 1 is 1.17 bits per heavy atom. The molecule has 18 heavy (non-hydrogen) atoms. The summed E-state index contributed by atoms with van der Waals surface area (Å²) >= 11 is 0. The fourth-order valence-electron chi connectivity index (χ4n) is 4.86. The SMILES string of the molecule is CCCN=C(NN)NC12CC3CC(CC(C3)C1)C2. The van der Waals surface area contributed by atoms with Gasteiger partial charge in [-0.3, -0.25) is 10.4 Å². The van der Waals surface area contributed by atoms with Gasteiger partial charge in [-0.05, 0) is 62.7 Å². The van der Waals surface area contributed by atoms with Gasteiger partial charge in [-0.15, -0.1) is 0 Å². The largest absolute Gasteiger partial charge is 0.350 e. The first-order chi connectivity index (χ1) is 8.73. The van der Waals surface area contributed by atoms with Crippen molar-refractivity contribution in [1.82, 2.24) is 10.7 Å². The molecule has 0 amide bonds. The van der Waals surface area contributed by atoms with Gasteiger partial charge >= 0.3 is 0 Å². The number of aliphatic imine (C=N–C) groups is 1. The molecular weight excluding hydrogens is 224 g/mol. The molecule has 0 aliphatic heterocycles. The van der Waals surface area contributed by atoms with Gasteiger partial charge in [0.25, 0.3) is 0 Å². The van der Waals surface area contributed by atoms with Gasteiger partial charge in [0.05, 0.1) is 0 Å². The second-order valence-electron chi connectivity index (χ2n) is 6.70. The van der Waals surface area contributed by atoms with Crippen LogP contribution in [-0.2, 0) is 0 Å². The van der Waals surface area contributed by atoms with Gasteiger partial charge in [0.1, 0.15) is 0 Å². The molecule has 4 rings (SSSR count). The Balaban J connectivity index is 1.71. The van der Waals surface area contributed by atoms with Crippen molar-refractivity contribution in [2.45, 2.75) is 57.4 Å². The summed E-state index contributed by atoms with van der Waals surface area (Å²) in [6.45, 7) is 2.99. The summed E-state index contributed by atoms with van der Waals surface area (Å²) in [5, 5.41) is 3.66. The highest BCUT2D eigenvalue weighted by atomic mass is 15.3. The van der Waals surface area contributed by atoms with E-state index in [9.17, 15) is 0 Å². The Bertz CT molecular complexity index is 301. The molecule has 4 saturated carbocycles. The number of rotatable bonds is 3. The van der Waals surface area contributed by atoms with Gasteiger partial charge in [-0.2, -0.15) is 0 Å². The molecule has 0 unspecified atom stereocenters. The number of hydrazine groups is 1. The highest BCUT2D eigenvalue weighted by molar-refractivity contribution is 5.80. The van der Waals surface area contributed by atoms with Crippen LogP contribution in [0.1, 0.15) is 51.9 Å². The predicted molar refractivity (Wildman–Crippen MR) is 74.0 cm³/mol. The Morgan fingerprint density at radius 3 is 2.17 bits per heavy atom. The average Bonchev–Trinajstić information content (AvgIpc) is 2.32. The molecule has 0 heterocycles. The van der Waals surface area contributed by atoms with Crippen LogP contribution in [0.3, 0.4) is 0 Å². The van der Waals surface area contributed by atoms with E-state index in [2.05, 4.69) is 22.7 Å².